The van der Waals surface area contributed by atoms with Crippen molar-refractivity contribution in [1.82, 2.24) is 45.1 Å². The molecule has 29 nitrogen and oxygen atoms in total. The minimum absolute atomic E-state index is 0.0198. The van der Waals surface area contributed by atoms with Crippen molar-refractivity contribution in [2.24, 2.45) is 5.73 Å². The molecule has 13 N–H and O–H groups in total. The number of aromatic nitrogens is 7. The molecule has 31 heteroatoms. The Labute approximate surface area is 526 Å². The fraction of sp³-hybridized carbons (Fsp3) is 0.367. The second-order valence-electron chi connectivity index (χ2n) is 19.7. The molecule has 0 aromatic carbocycles. The summed E-state index contributed by atoms with van der Waals surface area (Å²) in [6, 6.07) is 12.6. The summed E-state index contributed by atoms with van der Waals surface area (Å²) in [5.74, 6) is -1.44. The number of aryl methyl sites for hydroxylation is 4. The molecule has 0 radical (unpaired) electrons. The van der Waals surface area contributed by atoms with E-state index in [2.05, 4.69) is 82.4 Å². The van der Waals surface area contributed by atoms with Crippen LogP contribution in [0.5, 0.6) is 23.0 Å². The van der Waals surface area contributed by atoms with Gasteiger partial charge in [-0.05, 0) is 109 Å². The van der Waals surface area contributed by atoms with E-state index in [-0.39, 0.29) is 90.5 Å². The second-order valence-corrected chi connectivity index (χ2v) is 22.8. The van der Waals surface area contributed by atoms with Crippen molar-refractivity contribution in [1.29, 1.82) is 0 Å². The largest absolute Gasteiger partial charge is 0.506 e. The lowest BCUT2D eigenvalue weighted by Crippen LogP contribution is -2.26. The lowest BCUT2D eigenvalue weighted by Gasteiger charge is -2.23. The van der Waals surface area contributed by atoms with Crippen LogP contribution in [-0.4, -0.2) is 143 Å². The van der Waals surface area contributed by atoms with Gasteiger partial charge in [-0.25, -0.2) is 13.9 Å². The molecule has 0 amide bonds. The molecule has 0 saturated carbocycles. The summed E-state index contributed by atoms with van der Waals surface area (Å²) in [7, 11) is -3.90. The minimum Gasteiger partial charge on any atom is -0.506 e. The maximum Gasteiger partial charge on any atom is 0.472 e. The third-order valence-corrected chi connectivity index (χ3v) is 15.5. The summed E-state index contributed by atoms with van der Waals surface area (Å²) in [5, 5.41) is 76.2. The van der Waals surface area contributed by atoms with Gasteiger partial charge in [0, 0.05) is 128 Å². The third-order valence-electron chi connectivity index (χ3n) is 13.6. The van der Waals surface area contributed by atoms with Gasteiger partial charge in [0.2, 0.25) is 0 Å². The number of phosphoric ester groups is 2. The lowest BCUT2D eigenvalue weighted by atomic mass is 9.99. The van der Waals surface area contributed by atoms with E-state index in [4.69, 9.17) is 35.9 Å². The maximum absolute atomic E-state index is 11.1. The first-order valence-corrected chi connectivity index (χ1v) is 30.9. The van der Waals surface area contributed by atoms with Crippen molar-refractivity contribution in [3.05, 3.63) is 182 Å². The summed E-state index contributed by atoms with van der Waals surface area (Å²) in [4.78, 5) is 79.1. The number of piperidine rings is 1. The zero-order valence-corrected chi connectivity index (χ0v) is 53.2. The number of hydrogen-bond donors (Lipinski definition) is 12. The van der Waals surface area contributed by atoms with Crippen LogP contribution < -0.4 is 11.1 Å². The molecule has 2 fully saturated rings. The molecule has 0 aliphatic carbocycles. The molecule has 9 rings (SSSR count). The maximum atomic E-state index is 11.1. The number of hydrogen-bond acceptors (Lipinski definition) is 26. The van der Waals surface area contributed by atoms with Gasteiger partial charge in [-0.2, -0.15) is 0 Å². The predicted octanol–water partition coefficient (Wildman–Crippen LogP) is 6.99. The van der Waals surface area contributed by atoms with Crippen molar-refractivity contribution in [3.8, 4) is 23.0 Å². The van der Waals surface area contributed by atoms with Gasteiger partial charge >= 0.3 is 21.6 Å². The number of carboxylic acid groups (broad SMARTS) is 1. The molecule has 2 saturated heterocycles. The van der Waals surface area contributed by atoms with Crippen LogP contribution in [0.3, 0.4) is 0 Å². The number of rotatable bonds is 17. The number of aliphatic hydroxyl groups excluding tert-OH is 3. The highest BCUT2D eigenvalue weighted by Gasteiger charge is 2.24. The first-order valence-electron chi connectivity index (χ1n) is 27.9. The summed E-state index contributed by atoms with van der Waals surface area (Å²) in [5.41, 5.74) is 12.3. The number of aldehydes is 2. The van der Waals surface area contributed by atoms with E-state index in [1.54, 1.807) is 26.8 Å². The SMILES string of the molecule is CN1CCCC1c1cccnc1.COP(=O)(O)OCc1cnc(C)c(O)c1C=O.COP(=O)(O)OCc1cnc(C)c(O)c1CN.Cc1ncc(CO)c(C=O)c1O.Cc1ncc(CO)c(CO)c1O.O=C(O)c1cccnc1.c1cncc(C2CCCCN2)c1. The van der Waals surface area contributed by atoms with Crippen LogP contribution >= 0.6 is 15.6 Å². The van der Waals surface area contributed by atoms with Crippen molar-refractivity contribution < 1.29 is 92.2 Å². The molecule has 0 bridgehead atoms. The van der Waals surface area contributed by atoms with E-state index in [1.165, 1.54) is 99.9 Å². The molecule has 4 unspecified atom stereocenters. The molecule has 2 aliphatic heterocycles. The third kappa shape index (κ3) is 25.3. The van der Waals surface area contributed by atoms with Gasteiger partial charge in [-0.3, -0.25) is 67.5 Å². The average Bonchev–Trinajstić information content (AvgIpc) is 2.16. The van der Waals surface area contributed by atoms with Crippen LogP contribution in [0.4, 0.5) is 0 Å². The predicted molar refractivity (Wildman–Crippen MR) is 331 cm³/mol. The smallest absolute Gasteiger partial charge is 0.472 e. The molecule has 494 valence electrons. The quantitative estimate of drug-likeness (QED) is 0.0322. The van der Waals surface area contributed by atoms with Crippen LogP contribution in [0.25, 0.3) is 0 Å². The van der Waals surface area contributed by atoms with Crippen LogP contribution in [0.2, 0.25) is 0 Å². The van der Waals surface area contributed by atoms with Crippen molar-refractivity contribution >= 4 is 34.2 Å². The molecule has 91 heavy (non-hydrogen) atoms. The zero-order chi connectivity index (χ0) is 67.7. The van der Waals surface area contributed by atoms with E-state index in [0.29, 0.717) is 69.6 Å². The number of carbonyl (C=O) groups excluding carboxylic acids is 2. The Morgan fingerprint density at radius 1 is 0.615 bits per heavy atom. The van der Waals surface area contributed by atoms with E-state index < -0.39 is 21.6 Å². The Morgan fingerprint density at radius 2 is 1.08 bits per heavy atom. The Morgan fingerprint density at radius 3 is 1.48 bits per heavy atom. The number of nitrogens with one attached hydrogen (secondary N) is 1. The highest BCUT2D eigenvalue weighted by molar-refractivity contribution is 7.47. The van der Waals surface area contributed by atoms with Gasteiger partial charge in [0.05, 0.1) is 72.5 Å². The van der Waals surface area contributed by atoms with Crippen LogP contribution in [0, 0.1) is 27.7 Å². The van der Waals surface area contributed by atoms with Gasteiger partial charge in [0.15, 0.2) is 12.6 Å². The topological polar surface area (TPSA) is 456 Å². The number of carbonyl (C=O) groups is 3. The molecular formula is C60H80N10O19P2. The Bertz CT molecular complexity index is 3470. The van der Waals surface area contributed by atoms with Gasteiger partial charge in [0.1, 0.15) is 23.0 Å². The highest BCUT2D eigenvalue weighted by Crippen LogP contribution is 2.44. The summed E-state index contributed by atoms with van der Waals surface area (Å²) < 4.78 is 39.9. The summed E-state index contributed by atoms with van der Waals surface area (Å²) in [6.45, 7) is 7.45. The minimum atomic E-state index is -4.12. The van der Waals surface area contributed by atoms with E-state index >= 15 is 0 Å². The number of phosphoric acid groups is 2. The molecule has 7 aromatic heterocycles. The fourth-order valence-corrected chi connectivity index (χ4v) is 9.18. The number of aromatic carboxylic acids is 1. The number of likely N-dealkylation sites (tertiary alicyclic amines) is 1. The molecule has 2 aliphatic rings. The standard InChI is InChI=1S/2C10H14N2.C9H15N2O5P.C9H12NO6P.C8H11NO3.C8H9NO3.C6H5NO2/c1-12-7-3-5-10(12)9-4-2-6-11-8-9;1-2-7-12-10(5-1)9-4-3-6-11-8-9;1-6-9(12)8(3-10)7(4-11-6)5-16-17(13,14)15-2;1-6-9(12)8(4-11)7(3-10-6)5-16-17(13,14)15-2;2*1-5-8(12)7(4-11)6(3-10)2-9-5;8-6(9)5-2-1-3-7-4-5/h2,4,6,8,10H,3,5,7H2,1H3;3-4,6,8,10,12H,1-2,5,7H2;4,12H,3,5,10H2,1-2H3,(H,13,14);3-4,12H,5H2,1-2H3,(H,13,14);2,10-12H,3-4H2,1H3;2,4,10,12H,3H2,1H3;1-4H,(H,8,9). The normalized spacial score (nSPS) is 15.3. The second kappa shape index (κ2) is 40.0. The van der Waals surface area contributed by atoms with E-state index in [9.17, 15) is 43.9 Å². The lowest BCUT2D eigenvalue weighted by molar-refractivity contribution is 0.0695. The fourth-order valence-electron chi connectivity index (χ4n) is 8.36. The van der Waals surface area contributed by atoms with Crippen LogP contribution in [-0.2, 0) is 66.8 Å². The van der Waals surface area contributed by atoms with Gasteiger partial charge < -0.3 is 61.7 Å². The van der Waals surface area contributed by atoms with Gasteiger partial charge in [-0.1, -0.05) is 18.6 Å². The molecule has 4 atom stereocenters. The Kier molecular flexibility index (Phi) is 34.0. The number of nitrogens with zero attached hydrogens (tertiary/aromatic N) is 8. The Balaban J connectivity index is 0.000000279. The van der Waals surface area contributed by atoms with Crippen molar-refractivity contribution in [2.75, 3.05) is 34.4 Å². The molecule has 9 heterocycles. The van der Waals surface area contributed by atoms with Crippen LogP contribution in [0.15, 0.2) is 98.4 Å². The monoisotopic (exact) mass is 1310 g/mol. The molecule has 7 aromatic rings. The molecule has 0 spiro atoms. The first kappa shape index (κ1) is 77.3. The number of pyridine rings is 7. The first-order chi connectivity index (χ1) is 43.4. The van der Waals surface area contributed by atoms with Crippen molar-refractivity contribution in [2.45, 2.75) is 111 Å². The number of aliphatic hydroxyl groups is 3. The van der Waals surface area contributed by atoms with Gasteiger partial charge in [0.25, 0.3) is 0 Å². The molecular weight excluding hydrogens is 1230 g/mol. The van der Waals surface area contributed by atoms with E-state index in [0.717, 1.165) is 20.8 Å². The zero-order valence-electron chi connectivity index (χ0n) is 51.4. The Hall–Kier alpha value is -7.96. The number of aromatic hydroxyl groups is 4. The van der Waals surface area contributed by atoms with Gasteiger partial charge in [-0.15, -0.1) is 0 Å². The summed E-state index contributed by atoms with van der Waals surface area (Å²) >= 11 is 0. The number of nitrogens with two attached hydrogens (primary N) is 1. The van der Waals surface area contributed by atoms with E-state index in [1.807, 2.05) is 36.9 Å². The highest BCUT2D eigenvalue weighted by atomic mass is 31.2. The number of carboxylic acids is 1. The van der Waals surface area contributed by atoms with Crippen LogP contribution in [0.1, 0.15) is 143 Å². The average molecular weight is 1310 g/mol. The van der Waals surface area contributed by atoms with Crippen molar-refractivity contribution in [3.63, 3.8) is 0 Å². The summed E-state index contributed by atoms with van der Waals surface area (Å²) in [6.07, 6.45) is 23.4.